The Bertz CT molecular complexity index is 590. The Labute approximate surface area is 129 Å². The van der Waals surface area contributed by atoms with Gasteiger partial charge in [0.25, 0.3) is 0 Å². The molecule has 0 atom stereocenters. The van der Waals surface area contributed by atoms with E-state index in [9.17, 15) is 0 Å². The topological polar surface area (TPSA) is 3.88 Å². The van der Waals surface area contributed by atoms with Crippen LogP contribution in [-0.2, 0) is 10.8 Å². The molecule has 0 radical (unpaired) electrons. The predicted molar refractivity (Wildman–Crippen MR) is 90.1 cm³/mol. The monoisotopic (exact) mass is 282 g/mol. The van der Waals surface area contributed by atoms with Gasteiger partial charge in [-0.1, -0.05) is 59.7 Å². The van der Waals surface area contributed by atoms with Crippen LogP contribution in [-0.4, -0.2) is 0 Å². The molecule has 0 saturated carbocycles. The third kappa shape index (κ3) is 3.34. The summed E-state index contributed by atoms with van der Waals surface area (Å²) in [6, 6.07) is 15.3. The van der Waals surface area contributed by atoms with E-state index in [-0.39, 0.29) is 10.8 Å². The largest absolute Gasteiger partial charge is 0.211 e. The first-order chi connectivity index (χ1) is 9.60. The number of nitrogens with zero attached hydrogens (tertiary/aromatic N) is 1. The van der Waals surface area contributed by atoms with Crippen LogP contribution in [0, 0.1) is 6.92 Å². The van der Waals surface area contributed by atoms with Crippen molar-refractivity contribution in [1.29, 1.82) is 0 Å². The minimum atomic E-state index is 0.0991. The molecule has 112 valence electrons. The normalized spacial score (nSPS) is 12.5. The van der Waals surface area contributed by atoms with Crippen molar-refractivity contribution in [2.24, 2.45) is 0 Å². The molecule has 0 aliphatic heterocycles. The maximum atomic E-state index is 2.44. The van der Waals surface area contributed by atoms with Crippen molar-refractivity contribution in [3.63, 3.8) is 0 Å². The van der Waals surface area contributed by atoms with Crippen LogP contribution in [0.2, 0.25) is 0 Å². The van der Waals surface area contributed by atoms with Gasteiger partial charge in [0.2, 0.25) is 5.69 Å². The number of para-hydroxylation sites is 1. The van der Waals surface area contributed by atoms with Gasteiger partial charge in [0.1, 0.15) is 0 Å². The number of aromatic nitrogens is 1. The van der Waals surface area contributed by atoms with E-state index in [0.717, 1.165) is 0 Å². The van der Waals surface area contributed by atoms with E-state index in [1.807, 2.05) is 0 Å². The van der Waals surface area contributed by atoms with Crippen LogP contribution >= 0.6 is 0 Å². The van der Waals surface area contributed by atoms with Crippen molar-refractivity contribution in [2.45, 2.75) is 59.3 Å². The molecule has 0 aliphatic rings. The summed E-state index contributed by atoms with van der Waals surface area (Å²) in [5.74, 6) is 0. The number of pyridine rings is 1. The van der Waals surface area contributed by atoms with Crippen LogP contribution < -0.4 is 4.57 Å². The second-order valence-corrected chi connectivity index (χ2v) is 7.97. The smallest absolute Gasteiger partial charge is 0.161 e. The average Bonchev–Trinajstić information content (AvgIpc) is 2.36. The van der Waals surface area contributed by atoms with Crippen molar-refractivity contribution in [3.8, 4) is 5.69 Å². The zero-order valence-electron chi connectivity index (χ0n) is 14.5. The van der Waals surface area contributed by atoms with Crippen LogP contribution in [0.5, 0.6) is 0 Å². The summed E-state index contributed by atoms with van der Waals surface area (Å²) in [6.45, 7) is 15.9. The molecule has 0 unspecified atom stereocenters. The van der Waals surface area contributed by atoms with E-state index in [4.69, 9.17) is 0 Å². The molecule has 0 spiro atoms. The first-order valence-corrected chi connectivity index (χ1v) is 7.74. The van der Waals surface area contributed by atoms with E-state index < -0.39 is 0 Å². The number of hydrogen-bond donors (Lipinski definition) is 0. The molecule has 0 N–H and O–H groups in total. The number of rotatable bonds is 1. The van der Waals surface area contributed by atoms with Gasteiger partial charge in [-0.2, -0.15) is 4.57 Å². The highest BCUT2D eigenvalue weighted by atomic mass is 15.0. The van der Waals surface area contributed by atoms with Crippen LogP contribution in [0.15, 0.2) is 42.5 Å². The second-order valence-electron chi connectivity index (χ2n) is 7.97. The Hall–Kier alpha value is -1.63. The lowest BCUT2D eigenvalue weighted by Gasteiger charge is -2.24. The summed E-state index contributed by atoms with van der Waals surface area (Å²) < 4.78 is 2.44. The maximum Gasteiger partial charge on any atom is 0.211 e. The quantitative estimate of drug-likeness (QED) is 0.657. The lowest BCUT2D eigenvalue weighted by Crippen LogP contribution is -2.48. The summed E-state index contributed by atoms with van der Waals surface area (Å²) in [5, 5.41) is 0. The van der Waals surface area contributed by atoms with Gasteiger partial charge in [0.15, 0.2) is 11.4 Å². The standard InChI is InChI=1S/C20H28N/c1-15-13-17(19(2,3)4)21(16-11-9-8-10-12-16)18(14-15)20(5,6)7/h8-14H,1-7H3/q+1. The van der Waals surface area contributed by atoms with Crippen molar-refractivity contribution >= 4 is 0 Å². The Morgan fingerprint density at radius 1 is 0.714 bits per heavy atom. The van der Waals surface area contributed by atoms with E-state index in [2.05, 4.69) is 95.5 Å². The van der Waals surface area contributed by atoms with Gasteiger partial charge in [-0.05, 0) is 12.5 Å². The SMILES string of the molecule is Cc1cc(C(C)(C)C)[n+](-c2ccccc2)c(C(C)(C)C)c1. The van der Waals surface area contributed by atoms with E-state index in [0.29, 0.717) is 0 Å². The van der Waals surface area contributed by atoms with E-state index in [1.54, 1.807) is 0 Å². The van der Waals surface area contributed by atoms with Gasteiger partial charge in [0, 0.05) is 35.1 Å². The zero-order valence-corrected chi connectivity index (χ0v) is 14.5. The molecule has 2 aromatic rings. The minimum absolute atomic E-state index is 0.0991. The molecule has 1 heteroatoms. The molecular weight excluding hydrogens is 254 g/mol. The number of hydrogen-bond acceptors (Lipinski definition) is 0. The molecule has 1 nitrogen and oxygen atoms in total. The lowest BCUT2D eigenvalue weighted by atomic mass is 9.85. The predicted octanol–water partition coefficient (Wildman–Crippen LogP) is 4.87. The van der Waals surface area contributed by atoms with Gasteiger partial charge in [0.05, 0.1) is 0 Å². The summed E-state index contributed by atoms with van der Waals surface area (Å²) in [5.41, 5.74) is 5.49. The van der Waals surface area contributed by atoms with Crippen molar-refractivity contribution < 1.29 is 4.57 Å². The third-order valence-electron chi connectivity index (χ3n) is 3.76. The second kappa shape index (κ2) is 5.29. The highest BCUT2D eigenvalue weighted by molar-refractivity contribution is 5.29. The van der Waals surface area contributed by atoms with Crippen molar-refractivity contribution in [3.05, 3.63) is 59.4 Å². The fourth-order valence-electron chi connectivity index (χ4n) is 2.69. The fourth-order valence-corrected chi connectivity index (χ4v) is 2.69. The highest BCUT2D eigenvalue weighted by Crippen LogP contribution is 2.27. The van der Waals surface area contributed by atoms with E-state index in [1.165, 1.54) is 22.6 Å². The van der Waals surface area contributed by atoms with Crippen LogP contribution in [0.25, 0.3) is 5.69 Å². The van der Waals surface area contributed by atoms with Gasteiger partial charge in [-0.25, -0.2) is 0 Å². The van der Waals surface area contributed by atoms with Crippen molar-refractivity contribution in [2.75, 3.05) is 0 Å². The number of benzene rings is 1. The first-order valence-electron chi connectivity index (χ1n) is 7.74. The van der Waals surface area contributed by atoms with Gasteiger partial charge < -0.3 is 0 Å². The Balaban J connectivity index is 2.87. The molecular formula is C20H28N+. The minimum Gasteiger partial charge on any atom is -0.161 e. The Morgan fingerprint density at radius 3 is 1.52 bits per heavy atom. The van der Waals surface area contributed by atoms with Crippen LogP contribution in [0.4, 0.5) is 0 Å². The molecule has 0 amide bonds. The van der Waals surface area contributed by atoms with Gasteiger partial charge in [-0.3, -0.25) is 0 Å². The molecule has 0 bridgehead atoms. The maximum absolute atomic E-state index is 2.44. The third-order valence-corrected chi connectivity index (χ3v) is 3.76. The number of aryl methyl sites for hydroxylation is 1. The van der Waals surface area contributed by atoms with Crippen LogP contribution in [0.1, 0.15) is 58.5 Å². The molecule has 21 heavy (non-hydrogen) atoms. The molecule has 2 rings (SSSR count). The molecule has 0 fully saturated rings. The summed E-state index contributed by atoms with van der Waals surface area (Å²) in [7, 11) is 0. The molecule has 1 aromatic heterocycles. The molecule has 0 aliphatic carbocycles. The Kier molecular flexibility index (Phi) is 3.97. The lowest BCUT2D eigenvalue weighted by molar-refractivity contribution is -0.620. The molecule has 1 aromatic carbocycles. The highest BCUT2D eigenvalue weighted by Gasteiger charge is 2.34. The fraction of sp³-hybridized carbons (Fsp3) is 0.450. The Morgan fingerprint density at radius 2 is 1.14 bits per heavy atom. The van der Waals surface area contributed by atoms with E-state index >= 15 is 0 Å². The molecule has 1 heterocycles. The zero-order chi connectivity index (χ0) is 15.8. The first kappa shape index (κ1) is 15.8. The average molecular weight is 282 g/mol. The summed E-state index contributed by atoms with van der Waals surface area (Å²) >= 11 is 0. The van der Waals surface area contributed by atoms with Gasteiger partial charge in [-0.15, -0.1) is 0 Å². The van der Waals surface area contributed by atoms with Crippen molar-refractivity contribution in [1.82, 2.24) is 0 Å². The summed E-state index contributed by atoms with van der Waals surface area (Å²) in [6.07, 6.45) is 0. The summed E-state index contributed by atoms with van der Waals surface area (Å²) in [4.78, 5) is 0. The van der Waals surface area contributed by atoms with Gasteiger partial charge >= 0.3 is 0 Å². The molecule has 0 saturated heterocycles. The van der Waals surface area contributed by atoms with Crippen LogP contribution in [0.3, 0.4) is 0 Å².